The third kappa shape index (κ3) is 2.54. The van der Waals surface area contributed by atoms with E-state index in [0.717, 1.165) is 32.0 Å². The summed E-state index contributed by atoms with van der Waals surface area (Å²) in [5.41, 5.74) is 6.57. The van der Waals surface area contributed by atoms with Gasteiger partial charge in [-0.15, -0.1) is 0 Å². The van der Waals surface area contributed by atoms with Crippen LogP contribution in [0.5, 0.6) is 0 Å². The number of aromatic nitrogens is 3. The third-order valence-corrected chi connectivity index (χ3v) is 3.69. The van der Waals surface area contributed by atoms with Crippen molar-refractivity contribution in [1.82, 2.24) is 14.5 Å². The van der Waals surface area contributed by atoms with Crippen molar-refractivity contribution < 1.29 is 0 Å². The lowest BCUT2D eigenvalue weighted by molar-refractivity contribution is 0.635. The van der Waals surface area contributed by atoms with Crippen molar-refractivity contribution in [1.29, 1.82) is 0 Å². The summed E-state index contributed by atoms with van der Waals surface area (Å²) in [6.45, 7) is 2.98. The Morgan fingerprint density at radius 1 is 1.05 bits per heavy atom. The highest BCUT2D eigenvalue weighted by atomic mass is 16.1. The predicted molar refractivity (Wildman–Crippen MR) is 82.6 cm³/mol. The molecule has 1 fully saturated rings. The third-order valence-electron chi connectivity index (χ3n) is 3.69. The Bertz CT molecular complexity index is 690. The Hall–Kier alpha value is -2.57. The van der Waals surface area contributed by atoms with Gasteiger partial charge in [0.15, 0.2) is 11.6 Å². The molecule has 0 amide bonds. The molecule has 110 valence electrons. The molecule has 1 aliphatic heterocycles. The maximum absolute atomic E-state index is 12.1. The number of hydrogen-bond acceptors (Lipinski definition) is 6. The summed E-state index contributed by atoms with van der Waals surface area (Å²) in [6.07, 6.45) is 5.06. The van der Waals surface area contributed by atoms with Crippen LogP contribution in [0.15, 0.2) is 35.5 Å². The summed E-state index contributed by atoms with van der Waals surface area (Å²) < 4.78 is 1.55. The van der Waals surface area contributed by atoms with Gasteiger partial charge >= 0.3 is 0 Å². The lowest BCUT2D eigenvalue weighted by atomic mass is 10.3. The number of anilines is 3. The molecule has 7 heteroatoms. The summed E-state index contributed by atoms with van der Waals surface area (Å²) >= 11 is 0. The molecule has 0 bridgehead atoms. The number of rotatable bonds is 2. The zero-order valence-electron chi connectivity index (χ0n) is 11.9. The maximum atomic E-state index is 12.1. The van der Waals surface area contributed by atoms with E-state index in [0.29, 0.717) is 11.5 Å². The number of piperazine rings is 1. The molecule has 0 aromatic carbocycles. The molecule has 0 spiro atoms. The quantitative estimate of drug-likeness (QED) is 0.842. The average molecular weight is 286 g/mol. The highest BCUT2D eigenvalue weighted by Crippen LogP contribution is 2.21. The molecule has 1 saturated heterocycles. The van der Waals surface area contributed by atoms with E-state index in [-0.39, 0.29) is 5.56 Å². The average Bonchev–Trinajstić information content (AvgIpc) is 2.51. The van der Waals surface area contributed by atoms with Crippen LogP contribution in [0.1, 0.15) is 0 Å². The topological polar surface area (TPSA) is 80.3 Å². The molecule has 2 N–H and O–H groups in total. The van der Waals surface area contributed by atoms with Gasteiger partial charge in [-0.3, -0.25) is 4.79 Å². The van der Waals surface area contributed by atoms with Gasteiger partial charge < -0.3 is 20.1 Å². The van der Waals surface area contributed by atoms with E-state index in [4.69, 9.17) is 5.73 Å². The lowest BCUT2D eigenvalue weighted by Gasteiger charge is -2.36. The van der Waals surface area contributed by atoms with E-state index in [9.17, 15) is 4.79 Å². The number of nitrogen functional groups attached to an aromatic ring is 1. The number of nitrogens with zero attached hydrogens (tertiary/aromatic N) is 5. The van der Waals surface area contributed by atoms with Crippen LogP contribution in [-0.4, -0.2) is 40.7 Å². The minimum absolute atomic E-state index is 0.0664. The fraction of sp³-hybridized carbons (Fsp3) is 0.357. The molecule has 0 saturated carbocycles. The molecule has 0 atom stereocenters. The van der Waals surface area contributed by atoms with E-state index < -0.39 is 0 Å². The zero-order chi connectivity index (χ0) is 14.8. The molecule has 7 nitrogen and oxygen atoms in total. The van der Waals surface area contributed by atoms with Crippen LogP contribution in [0.25, 0.3) is 0 Å². The molecule has 0 aliphatic carbocycles. The van der Waals surface area contributed by atoms with Crippen LogP contribution in [0.3, 0.4) is 0 Å². The second-order valence-electron chi connectivity index (χ2n) is 5.06. The van der Waals surface area contributed by atoms with Crippen LogP contribution < -0.4 is 21.1 Å². The first kappa shape index (κ1) is 13.4. The van der Waals surface area contributed by atoms with Crippen molar-refractivity contribution in [3.63, 3.8) is 0 Å². The van der Waals surface area contributed by atoms with Crippen LogP contribution in [-0.2, 0) is 7.05 Å². The van der Waals surface area contributed by atoms with Crippen LogP contribution in [0.4, 0.5) is 17.3 Å². The van der Waals surface area contributed by atoms with Gasteiger partial charge in [-0.25, -0.2) is 9.97 Å². The molecule has 2 aromatic heterocycles. The first-order valence-corrected chi connectivity index (χ1v) is 6.89. The van der Waals surface area contributed by atoms with Gasteiger partial charge in [0.05, 0.1) is 5.69 Å². The van der Waals surface area contributed by atoms with Crippen LogP contribution in [0.2, 0.25) is 0 Å². The molecule has 3 rings (SSSR count). The number of hydrogen-bond donors (Lipinski definition) is 1. The molecule has 3 heterocycles. The monoisotopic (exact) mass is 286 g/mol. The molecule has 1 aliphatic rings. The van der Waals surface area contributed by atoms with Gasteiger partial charge in [-0.1, -0.05) is 0 Å². The standard InChI is InChI=1S/C14H18N6O/c1-18-6-5-17-13(14(18)21)20-9-7-19(8-10-20)12-11(15)3-2-4-16-12/h2-6H,7-10,15H2,1H3. The Morgan fingerprint density at radius 2 is 1.67 bits per heavy atom. The number of aryl methyl sites for hydroxylation is 1. The van der Waals surface area contributed by atoms with E-state index in [1.807, 2.05) is 17.0 Å². The van der Waals surface area contributed by atoms with Gasteiger partial charge in [0.1, 0.15) is 0 Å². The fourth-order valence-corrected chi connectivity index (χ4v) is 2.51. The molecule has 21 heavy (non-hydrogen) atoms. The van der Waals surface area contributed by atoms with Gasteiger partial charge in [0, 0.05) is 51.8 Å². The minimum atomic E-state index is -0.0664. The van der Waals surface area contributed by atoms with E-state index in [1.54, 1.807) is 30.2 Å². The van der Waals surface area contributed by atoms with E-state index in [1.165, 1.54) is 0 Å². The summed E-state index contributed by atoms with van der Waals surface area (Å²) in [5, 5.41) is 0. The molecule has 2 aromatic rings. The smallest absolute Gasteiger partial charge is 0.293 e. The maximum Gasteiger partial charge on any atom is 0.293 e. The Balaban J connectivity index is 1.75. The van der Waals surface area contributed by atoms with E-state index in [2.05, 4.69) is 14.9 Å². The molecular weight excluding hydrogens is 268 g/mol. The van der Waals surface area contributed by atoms with E-state index >= 15 is 0 Å². The van der Waals surface area contributed by atoms with Gasteiger partial charge in [0.2, 0.25) is 0 Å². The van der Waals surface area contributed by atoms with Crippen molar-refractivity contribution in [2.45, 2.75) is 0 Å². The summed E-state index contributed by atoms with van der Waals surface area (Å²) in [5.74, 6) is 1.32. The van der Waals surface area contributed by atoms with Gasteiger partial charge in [-0.2, -0.15) is 0 Å². The van der Waals surface area contributed by atoms with Crippen molar-refractivity contribution >= 4 is 17.3 Å². The fourth-order valence-electron chi connectivity index (χ4n) is 2.51. The Morgan fingerprint density at radius 3 is 2.33 bits per heavy atom. The van der Waals surface area contributed by atoms with Crippen LogP contribution >= 0.6 is 0 Å². The first-order valence-electron chi connectivity index (χ1n) is 6.89. The second-order valence-corrected chi connectivity index (χ2v) is 5.06. The van der Waals surface area contributed by atoms with Crippen molar-refractivity contribution in [3.05, 3.63) is 41.1 Å². The Labute approximate surface area is 122 Å². The largest absolute Gasteiger partial charge is 0.396 e. The highest BCUT2D eigenvalue weighted by Gasteiger charge is 2.22. The number of nitrogens with two attached hydrogens (primary N) is 1. The molecule has 0 unspecified atom stereocenters. The van der Waals surface area contributed by atoms with Crippen molar-refractivity contribution in [3.8, 4) is 0 Å². The summed E-state index contributed by atoms with van der Waals surface area (Å²) in [7, 11) is 1.73. The van der Waals surface area contributed by atoms with Crippen LogP contribution in [0, 0.1) is 0 Å². The normalized spacial score (nSPS) is 15.3. The lowest BCUT2D eigenvalue weighted by Crippen LogP contribution is -2.49. The Kier molecular flexibility index (Phi) is 3.47. The first-order chi connectivity index (χ1) is 10.2. The minimum Gasteiger partial charge on any atom is -0.396 e. The SMILES string of the molecule is Cn1ccnc(N2CCN(c3ncccc3N)CC2)c1=O. The second kappa shape index (κ2) is 5.43. The highest BCUT2D eigenvalue weighted by molar-refractivity contribution is 5.62. The van der Waals surface area contributed by atoms with Gasteiger partial charge in [0.25, 0.3) is 5.56 Å². The van der Waals surface area contributed by atoms with Gasteiger partial charge in [-0.05, 0) is 12.1 Å². The molecule has 0 radical (unpaired) electrons. The van der Waals surface area contributed by atoms with Crippen molar-refractivity contribution in [2.24, 2.45) is 7.05 Å². The number of pyridine rings is 1. The predicted octanol–water partition coefficient (Wildman–Crippen LogP) is 0.0841. The molecular formula is C14H18N6O. The summed E-state index contributed by atoms with van der Waals surface area (Å²) in [4.78, 5) is 24.8. The van der Waals surface area contributed by atoms with Crippen molar-refractivity contribution in [2.75, 3.05) is 41.7 Å². The summed E-state index contributed by atoms with van der Waals surface area (Å²) in [6, 6.07) is 3.68. The zero-order valence-corrected chi connectivity index (χ0v) is 11.9.